The fourth-order valence-electron chi connectivity index (χ4n) is 2.69. The third-order valence-corrected chi connectivity index (χ3v) is 5.36. The van der Waals surface area contributed by atoms with Gasteiger partial charge in [0.15, 0.2) is 12.4 Å². The second-order valence-corrected chi connectivity index (χ2v) is 7.35. The van der Waals surface area contributed by atoms with Crippen molar-refractivity contribution in [1.29, 1.82) is 0 Å². The zero-order valence-electron chi connectivity index (χ0n) is 15.3. The number of hydrogen-bond donors (Lipinski definition) is 0. The number of esters is 1. The number of Topliss-reactive ketones (excluding diaryl/α,β-unsaturated/α-hetero) is 1. The molecule has 4 nitrogen and oxygen atoms in total. The maximum atomic E-state index is 12.2. The Labute approximate surface area is 172 Å². The quantitative estimate of drug-likeness (QED) is 0.280. The lowest BCUT2D eigenvalue weighted by atomic mass is 10.1. The van der Waals surface area contributed by atoms with Gasteiger partial charge in [-0.1, -0.05) is 35.9 Å². The predicted molar refractivity (Wildman–Crippen MR) is 113 cm³/mol. The number of hydrogen-bond acceptors (Lipinski definition) is 5. The molecule has 28 heavy (non-hydrogen) atoms. The van der Waals surface area contributed by atoms with Gasteiger partial charge in [0.1, 0.15) is 5.75 Å². The average Bonchev–Trinajstić information content (AvgIpc) is 2.71. The highest BCUT2D eigenvalue weighted by molar-refractivity contribution is 8.00. The summed E-state index contributed by atoms with van der Waals surface area (Å²) in [5.41, 5.74) is 0.477. The van der Waals surface area contributed by atoms with Gasteiger partial charge in [-0.2, -0.15) is 0 Å². The Bertz CT molecular complexity index is 980. The maximum absolute atomic E-state index is 12.2. The van der Waals surface area contributed by atoms with Gasteiger partial charge in [0.2, 0.25) is 0 Å². The minimum absolute atomic E-state index is 0.0981. The summed E-state index contributed by atoms with van der Waals surface area (Å²) in [4.78, 5) is 25.1. The molecule has 0 aromatic heterocycles. The predicted octanol–water partition coefficient (Wildman–Crippen LogP) is 5.41. The van der Waals surface area contributed by atoms with Crippen LogP contribution in [0.2, 0.25) is 5.02 Å². The van der Waals surface area contributed by atoms with E-state index in [2.05, 4.69) is 0 Å². The number of thioether (sulfide) groups is 1. The minimum Gasteiger partial charge on any atom is -0.494 e. The Kier molecular flexibility index (Phi) is 6.95. The van der Waals surface area contributed by atoms with E-state index in [0.717, 1.165) is 15.7 Å². The van der Waals surface area contributed by atoms with Crippen molar-refractivity contribution in [3.63, 3.8) is 0 Å². The molecular formula is C22H19ClO4S. The van der Waals surface area contributed by atoms with Crippen molar-refractivity contribution >= 4 is 45.9 Å². The topological polar surface area (TPSA) is 52.6 Å². The van der Waals surface area contributed by atoms with Crippen LogP contribution in [0.25, 0.3) is 10.8 Å². The summed E-state index contributed by atoms with van der Waals surface area (Å²) in [5.74, 6) is 0.0881. The van der Waals surface area contributed by atoms with Crippen molar-refractivity contribution in [3.8, 4) is 5.75 Å². The summed E-state index contributed by atoms with van der Waals surface area (Å²) in [6, 6.07) is 18.2. The summed E-state index contributed by atoms with van der Waals surface area (Å²) < 4.78 is 10.5. The monoisotopic (exact) mass is 414 g/mol. The molecule has 0 unspecified atom stereocenters. The molecule has 3 aromatic carbocycles. The molecule has 0 N–H and O–H groups in total. The number of carbonyl (C=O) groups excluding carboxylic acids is 2. The van der Waals surface area contributed by atoms with Crippen LogP contribution in [0.4, 0.5) is 0 Å². The Morgan fingerprint density at radius 2 is 1.71 bits per heavy atom. The molecule has 0 heterocycles. The fourth-order valence-corrected chi connectivity index (χ4v) is 3.94. The first-order valence-corrected chi connectivity index (χ1v) is 10.2. The Morgan fingerprint density at radius 3 is 2.43 bits per heavy atom. The van der Waals surface area contributed by atoms with Gasteiger partial charge in [0.05, 0.1) is 12.4 Å². The SMILES string of the molecule is CCOc1ccc(C(=O)COC(=O)CSc2cccc3cccc(Cl)c23)cc1. The average molecular weight is 415 g/mol. The molecule has 3 aromatic rings. The van der Waals surface area contributed by atoms with Gasteiger partial charge in [-0.05, 0) is 48.7 Å². The van der Waals surface area contributed by atoms with E-state index >= 15 is 0 Å². The smallest absolute Gasteiger partial charge is 0.316 e. The van der Waals surface area contributed by atoms with Gasteiger partial charge in [-0.15, -0.1) is 11.8 Å². The van der Waals surface area contributed by atoms with Gasteiger partial charge >= 0.3 is 5.97 Å². The lowest BCUT2D eigenvalue weighted by molar-refractivity contribution is -0.139. The summed E-state index contributed by atoms with van der Waals surface area (Å²) in [6.07, 6.45) is 0. The second-order valence-electron chi connectivity index (χ2n) is 5.92. The van der Waals surface area contributed by atoms with Crippen LogP contribution in [0, 0.1) is 0 Å². The normalized spacial score (nSPS) is 10.6. The van der Waals surface area contributed by atoms with Crippen molar-refractivity contribution < 1.29 is 19.1 Å². The highest BCUT2D eigenvalue weighted by atomic mass is 35.5. The molecule has 144 valence electrons. The van der Waals surface area contributed by atoms with E-state index in [-0.39, 0.29) is 18.1 Å². The third-order valence-electron chi connectivity index (χ3n) is 4.01. The summed E-state index contributed by atoms with van der Waals surface area (Å²) in [5, 5.41) is 2.56. The van der Waals surface area contributed by atoms with E-state index in [4.69, 9.17) is 21.1 Å². The molecule has 0 fully saturated rings. The van der Waals surface area contributed by atoms with E-state index in [1.54, 1.807) is 24.3 Å². The van der Waals surface area contributed by atoms with E-state index in [1.165, 1.54) is 11.8 Å². The molecule has 0 spiro atoms. The van der Waals surface area contributed by atoms with Crippen molar-refractivity contribution in [2.45, 2.75) is 11.8 Å². The molecule has 0 aliphatic carbocycles. The third kappa shape index (κ3) is 5.06. The van der Waals surface area contributed by atoms with E-state index in [9.17, 15) is 9.59 Å². The first-order chi connectivity index (χ1) is 13.6. The van der Waals surface area contributed by atoms with Crippen LogP contribution >= 0.6 is 23.4 Å². The minimum atomic E-state index is -0.451. The zero-order chi connectivity index (χ0) is 19.9. The van der Waals surface area contributed by atoms with Crippen molar-refractivity contribution in [2.75, 3.05) is 19.0 Å². The molecule has 0 aliphatic heterocycles. The van der Waals surface area contributed by atoms with Crippen molar-refractivity contribution in [2.24, 2.45) is 0 Å². The molecule has 0 radical (unpaired) electrons. The molecule has 0 saturated carbocycles. The number of ether oxygens (including phenoxy) is 2. The zero-order valence-corrected chi connectivity index (χ0v) is 16.9. The van der Waals surface area contributed by atoms with Crippen LogP contribution in [0.15, 0.2) is 65.6 Å². The largest absolute Gasteiger partial charge is 0.494 e. The Morgan fingerprint density at radius 1 is 1.00 bits per heavy atom. The standard InChI is InChI=1S/C22H19ClO4S/c1-2-26-17-11-9-15(10-12-17)19(24)13-27-21(25)14-28-20-8-4-6-16-5-3-7-18(23)22(16)20/h3-12H,2,13-14H2,1H3. The highest BCUT2D eigenvalue weighted by Crippen LogP contribution is 2.33. The number of ketones is 1. The highest BCUT2D eigenvalue weighted by Gasteiger charge is 2.12. The fraction of sp³-hybridized carbons (Fsp3) is 0.182. The van der Waals surface area contributed by atoms with E-state index in [0.29, 0.717) is 22.9 Å². The van der Waals surface area contributed by atoms with Crippen LogP contribution < -0.4 is 4.74 Å². The lowest BCUT2D eigenvalue weighted by Crippen LogP contribution is -2.15. The van der Waals surface area contributed by atoms with Gasteiger partial charge < -0.3 is 9.47 Å². The van der Waals surface area contributed by atoms with Crippen LogP contribution in [0.1, 0.15) is 17.3 Å². The molecule has 0 aliphatic rings. The number of carbonyl (C=O) groups is 2. The molecule has 6 heteroatoms. The van der Waals surface area contributed by atoms with Crippen molar-refractivity contribution in [3.05, 3.63) is 71.2 Å². The molecule has 0 bridgehead atoms. The Hall–Kier alpha value is -2.50. The van der Waals surface area contributed by atoms with E-state index in [1.807, 2.05) is 43.3 Å². The molecule has 0 amide bonds. The number of benzene rings is 3. The molecule has 0 saturated heterocycles. The number of halogens is 1. The van der Waals surface area contributed by atoms with Gasteiger partial charge in [-0.3, -0.25) is 9.59 Å². The number of rotatable bonds is 8. The van der Waals surface area contributed by atoms with Crippen LogP contribution in [0.5, 0.6) is 5.75 Å². The summed E-state index contributed by atoms with van der Waals surface area (Å²) in [6.45, 7) is 2.16. The van der Waals surface area contributed by atoms with Gasteiger partial charge in [0, 0.05) is 20.9 Å². The van der Waals surface area contributed by atoms with Crippen LogP contribution in [-0.2, 0) is 9.53 Å². The number of fused-ring (bicyclic) bond motifs is 1. The first-order valence-electron chi connectivity index (χ1n) is 8.80. The van der Waals surface area contributed by atoms with Crippen molar-refractivity contribution in [1.82, 2.24) is 0 Å². The van der Waals surface area contributed by atoms with Crippen LogP contribution in [-0.4, -0.2) is 30.7 Å². The summed E-state index contributed by atoms with van der Waals surface area (Å²) >= 11 is 7.64. The molecule has 0 atom stereocenters. The van der Waals surface area contributed by atoms with Gasteiger partial charge in [-0.25, -0.2) is 0 Å². The van der Waals surface area contributed by atoms with Gasteiger partial charge in [0.25, 0.3) is 0 Å². The first kappa shape index (κ1) is 20.2. The molecular weight excluding hydrogens is 396 g/mol. The maximum Gasteiger partial charge on any atom is 0.316 e. The molecule has 3 rings (SSSR count). The second kappa shape index (κ2) is 9.62. The lowest BCUT2D eigenvalue weighted by Gasteiger charge is -2.08. The van der Waals surface area contributed by atoms with Crippen LogP contribution in [0.3, 0.4) is 0 Å². The van der Waals surface area contributed by atoms with E-state index < -0.39 is 5.97 Å². The summed E-state index contributed by atoms with van der Waals surface area (Å²) in [7, 11) is 0. The Balaban J connectivity index is 1.54.